The fourth-order valence-electron chi connectivity index (χ4n) is 0.599. The van der Waals surface area contributed by atoms with E-state index < -0.39 is 0 Å². The lowest BCUT2D eigenvalue weighted by molar-refractivity contribution is 1.44. The second kappa shape index (κ2) is 5.48. The Morgan fingerprint density at radius 1 is 1.18 bits per heavy atom. The van der Waals surface area contributed by atoms with Crippen LogP contribution < -0.4 is 0 Å². The van der Waals surface area contributed by atoms with Crippen LogP contribution in [0, 0.1) is 0 Å². The van der Waals surface area contributed by atoms with Crippen molar-refractivity contribution < 1.29 is 0 Å². The molecule has 11 heavy (non-hydrogen) atoms. The van der Waals surface area contributed by atoms with Gasteiger partial charge in [-0.1, -0.05) is 50.1 Å². The Kier molecular flexibility index (Phi) is 4.83. The first-order valence-corrected chi connectivity index (χ1v) is 3.50. The maximum atomic E-state index is 3.86. The van der Waals surface area contributed by atoms with Crippen molar-refractivity contribution in [1.82, 2.24) is 0 Å². The average Bonchev–Trinajstić information content (AvgIpc) is 2.00. The van der Waals surface area contributed by atoms with Crippen molar-refractivity contribution in [2.24, 2.45) is 0 Å². The summed E-state index contributed by atoms with van der Waals surface area (Å²) in [5, 5.41) is 0. The minimum atomic E-state index is 0.991. The fraction of sp³-hybridized carbons (Fsp3) is 0.0909. The molecule has 0 nitrogen and oxygen atoms in total. The van der Waals surface area contributed by atoms with Gasteiger partial charge in [0, 0.05) is 0 Å². The zero-order chi connectivity index (χ0) is 8.69. The van der Waals surface area contributed by atoms with E-state index in [1.54, 1.807) is 12.2 Å². The lowest BCUT2D eigenvalue weighted by Gasteiger charge is -1.96. The maximum absolute atomic E-state index is 3.86. The minimum Gasteiger partial charge on any atom is -0.0991 e. The molecular formula is C11H14. The molecule has 0 fully saturated rings. The van der Waals surface area contributed by atoms with Gasteiger partial charge in [-0.3, -0.25) is 0 Å². The summed E-state index contributed by atoms with van der Waals surface area (Å²) in [5.41, 5.74) is 2.11. The molecular weight excluding hydrogens is 132 g/mol. The van der Waals surface area contributed by atoms with Crippen LogP contribution in [0.25, 0.3) is 0 Å². The van der Waals surface area contributed by atoms with Crippen LogP contribution in [0.5, 0.6) is 0 Å². The molecule has 0 aliphatic heterocycles. The van der Waals surface area contributed by atoms with Crippen molar-refractivity contribution in [2.45, 2.75) is 6.92 Å². The molecule has 0 heteroatoms. The van der Waals surface area contributed by atoms with Crippen LogP contribution in [0.3, 0.4) is 0 Å². The van der Waals surface area contributed by atoms with E-state index >= 15 is 0 Å². The molecule has 0 rings (SSSR count). The number of hydrogen-bond donors (Lipinski definition) is 0. The Morgan fingerprint density at radius 3 is 2.27 bits per heavy atom. The quantitative estimate of drug-likeness (QED) is 0.533. The van der Waals surface area contributed by atoms with Crippen molar-refractivity contribution in [3.63, 3.8) is 0 Å². The molecule has 0 radical (unpaired) electrons. The molecule has 0 aliphatic carbocycles. The topological polar surface area (TPSA) is 0 Å². The average molecular weight is 146 g/mol. The molecule has 0 amide bonds. The van der Waals surface area contributed by atoms with Gasteiger partial charge in [-0.05, 0) is 18.1 Å². The van der Waals surface area contributed by atoms with Gasteiger partial charge in [0.25, 0.3) is 0 Å². The summed E-state index contributed by atoms with van der Waals surface area (Å²) in [5.74, 6) is 0. The fourth-order valence-corrected chi connectivity index (χ4v) is 0.599. The highest BCUT2D eigenvalue weighted by atomic mass is 13.9. The Morgan fingerprint density at radius 2 is 1.82 bits per heavy atom. The molecule has 0 N–H and O–H groups in total. The van der Waals surface area contributed by atoms with E-state index in [1.807, 2.05) is 25.2 Å². The zero-order valence-electron chi connectivity index (χ0n) is 7.01. The summed E-state index contributed by atoms with van der Waals surface area (Å²) in [6.45, 7) is 13.0. The predicted molar refractivity (Wildman–Crippen MR) is 52.4 cm³/mol. The minimum absolute atomic E-state index is 0.991. The van der Waals surface area contributed by atoms with Gasteiger partial charge >= 0.3 is 0 Å². The van der Waals surface area contributed by atoms with Crippen LogP contribution in [-0.4, -0.2) is 0 Å². The lowest BCUT2D eigenvalue weighted by Crippen LogP contribution is -1.76. The second-order valence-corrected chi connectivity index (χ2v) is 2.21. The van der Waals surface area contributed by atoms with Gasteiger partial charge < -0.3 is 0 Å². The molecule has 0 aromatic rings. The molecule has 0 saturated heterocycles. The molecule has 0 atom stereocenters. The monoisotopic (exact) mass is 146 g/mol. The van der Waals surface area contributed by atoms with Crippen LogP contribution in [0.15, 0.2) is 61.3 Å². The van der Waals surface area contributed by atoms with E-state index in [1.165, 1.54) is 0 Å². The van der Waals surface area contributed by atoms with Crippen LogP contribution in [-0.2, 0) is 0 Å². The van der Waals surface area contributed by atoms with Crippen LogP contribution in [0.4, 0.5) is 0 Å². The Labute approximate surface area is 68.9 Å². The summed E-state index contributed by atoms with van der Waals surface area (Å²) in [6.07, 6.45) is 9.19. The third kappa shape index (κ3) is 4.15. The van der Waals surface area contributed by atoms with Gasteiger partial charge in [0.15, 0.2) is 0 Å². The van der Waals surface area contributed by atoms with Crippen LogP contribution in [0.1, 0.15) is 6.92 Å². The lowest BCUT2D eigenvalue weighted by atomic mass is 10.1. The maximum Gasteiger partial charge on any atom is -0.0299 e. The molecule has 0 aromatic heterocycles. The molecule has 0 bridgehead atoms. The van der Waals surface area contributed by atoms with Gasteiger partial charge in [0.2, 0.25) is 0 Å². The van der Waals surface area contributed by atoms with Crippen LogP contribution >= 0.6 is 0 Å². The van der Waals surface area contributed by atoms with E-state index in [0.717, 1.165) is 11.1 Å². The predicted octanol–water partition coefficient (Wildman–Crippen LogP) is 3.42. The van der Waals surface area contributed by atoms with E-state index in [0.29, 0.717) is 0 Å². The first-order chi connectivity index (χ1) is 5.22. The normalized spacial score (nSPS) is 11.5. The summed E-state index contributed by atoms with van der Waals surface area (Å²) in [7, 11) is 0. The molecule has 0 aliphatic rings. The molecule has 0 saturated carbocycles. The number of allylic oxidation sites excluding steroid dienone is 7. The Bertz CT molecular complexity index is 214. The molecule has 0 heterocycles. The van der Waals surface area contributed by atoms with Gasteiger partial charge in [-0.2, -0.15) is 0 Å². The highest BCUT2D eigenvalue weighted by Gasteiger charge is 1.87. The van der Waals surface area contributed by atoms with E-state index in [9.17, 15) is 0 Å². The number of rotatable bonds is 4. The van der Waals surface area contributed by atoms with Crippen molar-refractivity contribution in [2.75, 3.05) is 0 Å². The Balaban J connectivity index is 4.24. The summed E-state index contributed by atoms with van der Waals surface area (Å²) < 4.78 is 0. The van der Waals surface area contributed by atoms with E-state index in [4.69, 9.17) is 0 Å². The van der Waals surface area contributed by atoms with Gasteiger partial charge in [-0.25, -0.2) is 0 Å². The first-order valence-electron chi connectivity index (χ1n) is 3.50. The van der Waals surface area contributed by atoms with Crippen molar-refractivity contribution >= 4 is 0 Å². The summed E-state index contributed by atoms with van der Waals surface area (Å²) in [6, 6.07) is 0. The van der Waals surface area contributed by atoms with Gasteiger partial charge in [0.05, 0.1) is 0 Å². The van der Waals surface area contributed by atoms with Crippen molar-refractivity contribution in [3.05, 3.63) is 61.3 Å². The third-order valence-electron chi connectivity index (χ3n) is 1.31. The highest BCUT2D eigenvalue weighted by molar-refractivity contribution is 5.38. The first kappa shape index (κ1) is 9.70. The third-order valence-corrected chi connectivity index (χ3v) is 1.31. The zero-order valence-corrected chi connectivity index (χ0v) is 7.01. The van der Waals surface area contributed by atoms with Crippen molar-refractivity contribution in [1.29, 1.82) is 0 Å². The summed E-state index contributed by atoms with van der Waals surface area (Å²) >= 11 is 0. The molecule has 58 valence electrons. The standard InChI is InChI=1S/C11H14/c1-5-7-9-11(4)10(3)8-6-2/h5-9H,1-2,4H2,3H3/b9-7-,10-8-. The Hall–Kier alpha value is -1.30. The SMILES string of the molecule is C=C/C=C\C(=C)/C(C)=C\C=C. The second-order valence-electron chi connectivity index (χ2n) is 2.21. The number of hydrogen-bond acceptors (Lipinski definition) is 0. The van der Waals surface area contributed by atoms with E-state index in [2.05, 4.69) is 19.7 Å². The van der Waals surface area contributed by atoms with Gasteiger partial charge in [-0.15, -0.1) is 0 Å². The van der Waals surface area contributed by atoms with Gasteiger partial charge in [0.1, 0.15) is 0 Å². The molecule has 0 spiro atoms. The van der Waals surface area contributed by atoms with E-state index in [-0.39, 0.29) is 0 Å². The van der Waals surface area contributed by atoms with Crippen LogP contribution in [0.2, 0.25) is 0 Å². The smallest absolute Gasteiger partial charge is 0.0299 e. The molecule has 0 aromatic carbocycles. The molecule has 0 unspecified atom stereocenters. The summed E-state index contributed by atoms with van der Waals surface area (Å²) in [4.78, 5) is 0. The van der Waals surface area contributed by atoms with Crippen molar-refractivity contribution in [3.8, 4) is 0 Å². The largest absolute Gasteiger partial charge is 0.0991 e. The highest BCUT2D eigenvalue weighted by Crippen LogP contribution is 2.07.